The molecule has 3 N–H and O–H groups in total. The first-order valence-electron chi connectivity index (χ1n) is 9.26. The summed E-state index contributed by atoms with van der Waals surface area (Å²) in [5.74, 6) is 0.0586. The average molecular weight is 420 g/mol. The van der Waals surface area contributed by atoms with Gasteiger partial charge < -0.3 is 15.4 Å². The van der Waals surface area contributed by atoms with E-state index in [2.05, 4.69) is 15.4 Å². The Morgan fingerprint density at radius 2 is 1.62 bits per heavy atom. The van der Waals surface area contributed by atoms with Crippen molar-refractivity contribution in [3.05, 3.63) is 54.1 Å². The van der Waals surface area contributed by atoms with Crippen LogP contribution in [-0.4, -0.2) is 39.9 Å². The third kappa shape index (κ3) is 6.88. The highest BCUT2D eigenvalue weighted by Crippen LogP contribution is 2.16. The van der Waals surface area contributed by atoms with E-state index < -0.39 is 10.0 Å². The molecule has 2 aromatic carbocycles. The molecule has 0 aliphatic rings. The second-order valence-corrected chi connectivity index (χ2v) is 7.80. The normalized spacial score (nSPS) is 11.0. The van der Waals surface area contributed by atoms with E-state index in [-0.39, 0.29) is 29.7 Å². The Hall–Kier alpha value is -2.91. The van der Waals surface area contributed by atoms with Gasteiger partial charge in [0.15, 0.2) is 0 Å². The fourth-order valence-corrected chi connectivity index (χ4v) is 3.49. The van der Waals surface area contributed by atoms with Crippen LogP contribution >= 0.6 is 0 Å². The number of hydrogen-bond acceptors (Lipinski definition) is 5. The van der Waals surface area contributed by atoms with Crippen molar-refractivity contribution in [3.63, 3.8) is 0 Å². The Morgan fingerprint density at radius 3 is 2.21 bits per heavy atom. The summed E-state index contributed by atoms with van der Waals surface area (Å²) >= 11 is 0. The minimum atomic E-state index is -3.71. The highest BCUT2D eigenvalue weighted by Gasteiger charge is 2.14. The van der Waals surface area contributed by atoms with E-state index >= 15 is 0 Å². The largest absolute Gasteiger partial charge is 0.494 e. The fraction of sp³-hybridized carbons (Fsp3) is 0.300. The van der Waals surface area contributed by atoms with Crippen LogP contribution in [0.5, 0.6) is 5.75 Å². The van der Waals surface area contributed by atoms with Gasteiger partial charge in [-0.05, 0) is 62.4 Å². The molecule has 0 bridgehead atoms. The SMILES string of the molecule is CCNC(=O)c1ccc(NC(=O)CCNS(=O)(=O)c2ccc(OCC)cc2)cc1. The van der Waals surface area contributed by atoms with Crippen LogP contribution < -0.4 is 20.1 Å². The smallest absolute Gasteiger partial charge is 0.251 e. The number of carbonyl (C=O) groups excluding carboxylic acids is 2. The molecule has 0 aromatic heterocycles. The molecule has 0 radical (unpaired) electrons. The van der Waals surface area contributed by atoms with Crippen LogP contribution in [0, 0.1) is 0 Å². The van der Waals surface area contributed by atoms with Crippen LogP contribution in [0.25, 0.3) is 0 Å². The van der Waals surface area contributed by atoms with Gasteiger partial charge in [0.05, 0.1) is 11.5 Å². The molecule has 0 saturated carbocycles. The molecule has 0 saturated heterocycles. The highest BCUT2D eigenvalue weighted by atomic mass is 32.2. The van der Waals surface area contributed by atoms with E-state index in [1.807, 2.05) is 13.8 Å². The van der Waals surface area contributed by atoms with Crippen molar-refractivity contribution in [3.8, 4) is 5.75 Å². The van der Waals surface area contributed by atoms with Gasteiger partial charge in [0.25, 0.3) is 5.91 Å². The molecule has 2 rings (SSSR count). The first-order chi connectivity index (χ1) is 13.9. The first-order valence-corrected chi connectivity index (χ1v) is 10.7. The molecule has 9 heteroatoms. The Kier molecular flexibility index (Phi) is 8.17. The van der Waals surface area contributed by atoms with E-state index in [4.69, 9.17) is 4.74 Å². The summed E-state index contributed by atoms with van der Waals surface area (Å²) in [5.41, 5.74) is 1.02. The molecule has 0 spiro atoms. The maximum absolute atomic E-state index is 12.3. The van der Waals surface area contributed by atoms with Crippen molar-refractivity contribution >= 4 is 27.5 Å². The molecule has 8 nitrogen and oxygen atoms in total. The quantitative estimate of drug-likeness (QED) is 0.546. The molecule has 0 atom stereocenters. The Bertz CT molecular complexity index is 926. The number of benzene rings is 2. The number of hydrogen-bond donors (Lipinski definition) is 3. The van der Waals surface area contributed by atoms with Gasteiger partial charge in [0.1, 0.15) is 5.75 Å². The maximum Gasteiger partial charge on any atom is 0.251 e. The van der Waals surface area contributed by atoms with Gasteiger partial charge in [-0.25, -0.2) is 13.1 Å². The highest BCUT2D eigenvalue weighted by molar-refractivity contribution is 7.89. The van der Waals surface area contributed by atoms with Crippen LogP contribution in [0.15, 0.2) is 53.4 Å². The molecule has 2 amide bonds. The zero-order chi connectivity index (χ0) is 21.3. The summed E-state index contributed by atoms with van der Waals surface area (Å²) < 4.78 is 32.2. The van der Waals surface area contributed by atoms with E-state index in [1.54, 1.807) is 36.4 Å². The molecule has 2 aromatic rings. The number of nitrogens with one attached hydrogen (secondary N) is 3. The minimum absolute atomic E-state index is 0.0334. The number of rotatable bonds is 10. The summed E-state index contributed by atoms with van der Waals surface area (Å²) in [6, 6.07) is 12.5. The van der Waals surface area contributed by atoms with Crippen molar-refractivity contribution in [2.45, 2.75) is 25.2 Å². The van der Waals surface area contributed by atoms with Gasteiger partial charge in [-0.2, -0.15) is 0 Å². The van der Waals surface area contributed by atoms with E-state index in [1.165, 1.54) is 12.1 Å². The summed E-state index contributed by atoms with van der Waals surface area (Å²) in [4.78, 5) is 23.8. The van der Waals surface area contributed by atoms with Gasteiger partial charge in [0.2, 0.25) is 15.9 Å². The second-order valence-electron chi connectivity index (χ2n) is 6.04. The third-order valence-corrected chi connectivity index (χ3v) is 5.33. The van der Waals surface area contributed by atoms with Gasteiger partial charge in [-0.1, -0.05) is 0 Å². The summed E-state index contributed by atoms with van der Waals surface area (Å²) in [6.45, 7) is 4.65. The molecule has 0 aliphatic heterocycles. The van der Waals surface area contributed by atoms with Crippen molar-refractivity contribution in [2.75, 3.05) is 25.0 Å². The van der Waals surface area contributed by atoms with Gasteiger partial charge >= 0.3 is 0 Å². The summed E-state index contributed by atoms with van der Waals surface area (Å²) in [6.07, 6.45) is -0.0334. The van der Waals surface area contributed by atoms with Crippen molar-refractivity contribution in [1.82, 2.24) is 10.0 Å². The van der Waals surface area contributed by atoms with Crippen LogP contribution in [0.3, 0.4) is 0 Å². The number of carbonyl (C=O) groups is 2. The Balaban J connectivity index is 1.83. The van der Waals surface area contributed by atoms with Crippen LogP contribution in [-0.2, 0) is 14.8 Å². The molecule has 0 heterocycles. The van der Waals surface area contributed by atoms with Gasteiger partial charge in [-0.3, -0.25) is 9.59 Å². The molecule has 156 valence electrons. The van der Waals surface area contributed by atoms with Crippen molar-refractivity contribution in [1.29, 1.82) is 0 Å². The first kappa shape index (κ1) is 22.4. The van der Waals surface area contributed by atoms with Crippen LogP contribution in [0.2, 0.25) is 0 Å². The number of ether oxygens (including phenoxy) is 1. The molecule has 29 heavy (non-hydrogen) atoms. The lowest BCUT2D eigenvalue weighted by Gasteiger charge is -2.09. The van der Waals surface area contributed by atoms with E-state index in [9.17, 15) is 18.0 Å². The number of sulfonamides is 1. The lowest BCUT2D eigenvalue weighted by atomic mass is 10.2. The molecule has 0 aliphatic carbocycles. The van der Waals surface area contributed by atoms with E-state index in [0.29, 0.717) is 30.2 Å². The standard InChI is InChI=1S/C20H25N3O5S/c1-3-21-20(25)15-5-7-16(8-6-15)23-19(24)13-14-22-29(26,27)18-11-9-17(10-12-18)28-4-2/h5-12,22H,3-4,13-14H2,1-2H3,(H,21,25)(H,23,24). The summed E-state index contributed by atoms with van der Waals surface area (Å²) in [5, 5.41) is 5.35. The average Bonchev–Trinajstić information content (AvgIpc) is 2.69. The lowest BCUT2D eigenvalue weighted by molar-refractivity contribution is -0.116. The van der Waals surface area contributed by atoms with Crippen molar-refractivity contribution in [2.24, 2.45) is 0 Å². The Labute approximate surface area is 170 Å². The van der Waals surface area contributed by atoms with Crippen LogP contribution in [0.1, 0.15) is 30.6 Å². The van der Waals surface area contributed by atoms with Crippen molar-refractivity contribution < 1.29 is 22.7 Å². The van der Waals surface area contributed by atoms with Crippen LogP contribution in [0.4, 0.5) is 5.69 Å². The summed E-state index contributed by atoms with van der Waals surface area (Å²) in [7, 11) is -3.71. The maximum atomic E-state index is 12.3. The molecule has 0 unspecified atom stereocenters. The molecule has 0 fully saturated rings. The molecular formula is C20H25N3O5S. The van der Waals surface area contributed by atoms with Gasteiger partial charge in [0, 0.05) is 30.8 Å². The van der Waals surface area contributed by atoms with Gasteiger partial charge in [-0.15, -0.1) is 0 Å². The Morgan fingerprint density at radius 1 is 0.966 bits per heavy atom. The zero-order valence-corrected chi connectivity index (χ0v) is 17.2. The molecular weight excluding hydrogens is 394 g/mol. The van der Waals surface area contributed by atoms with E-state index in [0.717, 1.165) is 0 Å². The lowest BCUT2D eigenvalue weighted by Crippen LogP contribution is -2.27. The number of amides is 2. The second kappa shape index (κ2) is 10.6. The fourth-order valence-electron chi connectivity index (χ4n) is 2.45. The minimum Gasteiger partial charge on any atom is -0.494 e. The number of anilines is 1. The topological polar surface area (TPSA) is 114 Å². The predicted octanol–water partition coefficient (Wildman–Crippen LogP) is 2.14. The predicted molar refractivity (Wildman–Crippen MR) is 110 cm³/mol. The zero-order valence-electron chi connectivity index (χ0n) is 16.4. The monoisotopic (exact) mass is 419 g/mol. The third-order valence-electron chi connectivity index (χ3n) is 3.86.